The van der Waals surface area contributed by atoms with Crippen molar-refractivity contribution in [1.29, 1.82) is 0 Å². The minimum absolute atomic E-state index is 0.325. The second kappa shape index (κ2) is 5.04. The van der Waals surface area contributed by atoms with Crippen molar-refractivity contribution in [2.75, 3.05) is 6.54 Å². The fourth-order valence-corrected chi connectivity index (χ4v) is 1.48. The molecule has 0 unspecified atom stereocenters. The first-order valence-electron chi connectivity index (χ1n) is 4.47. The Morgan fingerprint density at radius 1 is 1.17 bits per heavy atom. The smallest absolute Gasteiger partial charge is 0.311 e. The third-order valence-corrected chi connectivity index (χ3v) is 3.24. The van der Waals surface area contributed by atoms with Crippen LogP contribution in [0.4, 0.5) is 0 Å². The summed E-state index contributed by atoms with van der Waals surface area (Å²) in [6, 6.07) is 0. The molecule has 67 valence electrons. The van der Waals surface area contributed by atoms with E-state index >= 15 is 0 Å². The lowest BCUT2D eigenvalue weighted by molar-refractivity contribution is 0.106. The molecule has 1 heterocycles. The number of nitrogens with one attached hydrogen (secondary N) is 1. The van der Waals surface area contributed by atoms with Gasteiger partial charge < -0.3 is 5.32 Å². The van der Waals surface area contributed by atoms with Crippen LogP contribution in [0.15, 0.2) is 0 Å². The van der Waals surface area contributed by atoms with Crippen molar-refractivity contribution < 1.29 is 0 Å². The van der Waals surface area contributed by atoms with Crippen molar-refractivity contribution in [3.8, 4) is 0 Å². The molecule has 1 N–H and O–H groups in total. The number of rotatable bonds is 0. The average Bonchev–Trinajstić information content (AvgIpc) is 2.00. The van der Waals surface area contributed by atoms with Crippen LogP contribution in [0.1, 0.15) is 40.5 Å². The Bertz CT molecular complexity index is 118. The molecule has 0 aliphatic carbocycles. The highest BCUT2D eigenvalue weighted by atomic mass is 35.5. The lowest BCUT2D eigenvalue weighted by Gasteiger charge is -2.46. The molecule has 0 spiro atoms. The lowest BCUT2D eigenvalue weighted by atomic mass is 9.69. The molecule has 3 heteroatoms. The summed E-state index contributed by atoms with van der Waals surface area (Å²) in [4.78, 5) is 0. The highest BCUT2D eigenvalue weighted by Crippen LogP contribution is 2.37. The maximum Gasteiger partial charge on any atom is 1.59 e. The third kappa shape index (κ3) is 3.06. The van der Waals surface area contributed by atoms with Crippen molar-refractivity contribution in [2.45, 2.75) is 46.1 Å². The van der Waals surface area contributed by atoms with Crippen molar-refractivity contribution in [1.82, 2.24) is 5.32 Å². The van der Waals surface area contributed by atoms with Gasteiger partial charge in [-0.05, 0) is 38.6 Å². The zero-order valence-electron chi connectivity index (χ0n) is 8.71. The van der Waals surface area contributed by atoms with E-state index in [1.165, 1.54) is 40.0 Å². The maximum atomic E-state index is 4.67. The number of hydrogen-bond donors (Lipinski definition) is 1. The van der Waals surface area contributed by atoms with Gasteiger partial charge in [0.25, 0.3) is 0 Å². The molecule has 1 aliphatic heterocycles. The fourth-order valence-electron chi connectivity index (χ4n) is 1.48. The second-order valence-corrected chi connectivity index (χ2v) is 4.54. The molecule has 1 saturated heterocycles. The van der Waals surface area contributed by atoms with Crippen molar-refractivity contribution >= 4 is 29.7 Å². The summed E-state index contributed by atoms with van der Waals surface area (Å²) < 4.78 is 0. The van der Waals surface area contributed by atoms with E-state index in [1.54, 1.807) is 0 Å². The lowest BCUT2D eigenvalue weighted by Crippen LogP contribution is -2.54. The van der Waals surface area contributed by atoms with Crippen LogP contribution in [0.25, 0.3) is 0 Å². The summed E-state index contributed by atoms with van der Waals surface area (Å²) in [5.41, 5.74) is 0.788. The number of halogens is 1. The standard InChI is InChI=1S/C9H19N.ClH.Mg/c1-8(2)6-5-7-10-9(8,3)4;;/h10H,5-7H2,1-4H3;1H;/q;;+3/p-1. The van der Waals surface area contributed by atoms with Crippen LogP contribution in [0.5, 0.6) is 0 Å². The van der Waals surface area contributed by atoms with E-state index in [0.29, 0.717) is 11.0 Å². The van der Waals surface area contributed by atoms with Crippen LogP contribution in [0, 0.1) is 5.41 Å². The summed E-state index contributed by atoms with van der Waals surface area (Å²) in [6.45, 7) is 10.5. The molecule has 0 atom stereocenters. The largest absolute Gasteiger partial charge is 1.59 e. The minimum atomic E-state index is 0.325. The van der Waals surface area contributed by atoms with E-state index in [-0.39, 0.29) is 0 Å². The van der Waals surface area contributed by atoms with Gasteiger partial charge in [-0.2, -0.15) is 0 Å². The van der Waals surface area contributed by atoms with E-state index < -0.39 is 0 Å². The van der Waals surface area contributed by atoms with Crippen molar-refractivity contribution in [3.05, 3.63) is 0 Å². The Labute approximate surface area is 92.8 Å². The van der Waals surface area contributed by atoms with Gasteiger partial charge in [0.2, 0.25) is 0 Å². The van der Waals surface area contributed by atoms with Gasteiger partial charge in [0.05, 0.1) is 0 Å². The second-order valence-electron chi connectivity index (χ2n) is 4.54. The van der Waals surface area contributed by atoms with Gasteiger partial charge in [-0.1, -0.05) is 13.8 Å². The summed E-state index contributed by atoms with van der Waals surface area (Å²) >= 11 is 1.33. The molecule has 0 aromatic rings. The van der Waals surface area contributed by atoms with E-state index in [2.05, 4.69) is 42.1 Å². The van der Waals surface area contributed by atoms with Crippen LogP contribution in [-0.4, -0.2) is 32.7 Å². The van der Waals surface area contributed by atoms with Gasteiger partial charge >= 0.3 is 29.7 Å². The highest BCUT2D eigenvalue weighted by Gasteiger charge is 2.38. The molecule has 0 aromatic heterocycles. The first-order valence-corrected chi connectivity index (χ1v) is 6.61. The molecule has 1 nitrogen and oxygen atoms in total. The first kappa shape index (κ1) is 13.0. The molecule has 0 aromatic carbocycles. The van der Waals surface area contributed by atoms with Gasteiger partial charge in [-0.15, -0.1) is 0 Å². The van der Waals surface area contributed by atoms with Gasteiger partial charge in [0.1, 0.15) is 0 Å². The monoisotopic (exact) mass is 200 g/mol. The van der Waals surface area contributed by atoms with Crippen molar-refractivity contribution in [3.63, 3.8) is 0 Å². The topological polar surface area (TPSA) is 12.0 Å². The van der Waals surface area contributed by atoms with Crippen LogP contribution in [0.2, 0.25) is 0 Å². The van der Waals surface area contributed by atoms with Crippen LogP contribution < -0.4 is 5.32 Å². The van der Waals surface area contributed by atoms with Gasteiger partial charge in [0.15, 0.2) is 0 Å². The summed E-state index contributed by atoms with van der Waals surface area (Å²) in [5.74, 6) is 0. The Kier molecular flexibility index (Phi) is 5.46. The van der Waals surface area contributed by atoms with E-state index in [0.717, 1.165) is 0 Å². The third-order valence-electron chi connectivity index (χ3n) is 3.24. The molecule has 1 fully saturated rings. The fraction of sp³-hybridized carbons (Fsp3) is 1.00. The molecular formula is C9H19ClMgN+2. The van der Waals surface area contributed by atoms with Crippen molar-refractivity contribution in [2.24, 2.45) is 5.41 Å². The number of hydrogen-bond acceptors (Lipinski definition) is 1. The Balaban J connectivity index is 0.000000561. The molecule has 7 radical (unpaired) electrons. The normalized spacial score (nSPS) is 25.5. The van der Waals surface area contributed by atoms with Crippen LogP contribution in [0.3, 0.4) is 0 Å². The zero-order valence-corrected chi connectivity index (χ0v) is 10.9. The molecule has 0 bridgehead atoms. The maximum absolute atomic E-state index is 4.67. The first-order chi connectivity index (χ1) is 5.46. The molecule has 0 amide bonds. The quantitative estimate of drug-likeness (QED) is 0.593. The number of piperidine rings is 1. The van der Waals surface area contributed by atoms with Gasteiger partial charge in [-0.3, -0.25) is 0 Å². The van der Waals surface area contributed by atoms with Crippen LogP contribution in [-0.2, 0) is 0 Å². The SMILES string of the molecule is CC1(C)CCCNC1(C)C.[Mg+2][Cl]. The summed E-state index contributed by atoms with van der Waals surface area (Å²) in [6.07, 6.45) is 2.68. The summed E-state index contributed by atoms with van der Waals surface area (Å²) in [5, 5.41) is 3.55. The predicted molar refractivity (Wildman–Crippen MR) is 56.7 cm³/mol. The highest BCUT2D eigenvalue weighted by molar-refractivity contribution is 6.80. The Morgan fingerprint density at radius 3 is 1.92 bits per heavy atom. The van der Waals surface area contributed by atoms with E-state index in [4.69, 9.17) is 0 Å². The molecule has 1 rings (SSSR count). The van der Waals surface area contributed by atoms with E-state index in [9.17, 15) is 0 Å². The predicted octanol–water partition coefficient (Wildman–Crippen LogP) is 2.48. The molecule has 0 saturated carbocycles. The molecular weight excluding hydrogens is 182 g/mol. The van der Waals surface area contributed by atoms with E-state index in [1.807, 2.05) is 0 Å². The molecule has 12 heavy (non-hydrogen) atoms. The minimum Gasteiger partial charge on any atom is -0.311 e. The Hall–Kier alpha value is 1.02. The summed E-state index contributed by atoms with van der Waals surface area (Å²) in [7, 11) is 4.67. The van der Waals surface area contributed by atoms with Gasteiger partial charge in [0, 0.05) is 5.54 Å². The Morgan fingerprint density at radius 2 is 1.67 bits per heavy atom. The zero-order chi connectivity index (χ0) is 9.83. The van der Waals surface area contributed by atoms with Gasteiger partial charge in [-0.25, -0.2) is 0 Å². The van der Waals surface area contributed by atoms with Crippen LogP contribution >= 0.6 is 9.07 Å². The molecule has 1 aliphatic rings. The average molecular weight is 201 g/mol.